The molecule has 1 aliphatic rings. The standard InChI is InChI=1S/C25H30FN5O5/c1-15(2)11-27-20-19-21(29-13-28-20)31(14-30-19)23-24(4,26)25(5,36-16(3)32)18(35-23)12-34-22(33)17-9-7-6-8-10-17/h6-10,13-15,18,23H,11-12H2,1-5H3,(H,27,28,29)/t18-,23-,24+,25+/m1/s1. The molecule has 2 aromatic heterocycles. The van der Waals surface area contributed by atoms with E-state index in [1.165, 1.54) is 38.0 Å². The Hall–Kier alpha value is -3.60. The number of carbonyl (C=O) groups is 2. The van der Waals surface area contributed by atoms with Crippen molar-refractivity contribution in [3.8, 4) is 0 Å². The first-order valence-electron chi connectivity index (χ1n) is 11.7. The summed E-state index contributed by atoms with van der Waals surface area (Å²) >= 11 is 0. The molecule has 0 bridgehead atoms. The van der Waals surface area contributed by atoms with Crippen molar-refractivity contribution >= 4 is 28.9 Å². The Kier molecular flexibility index (Phi) is 6.94. The Labute approximate surface area is 208 Å². The number of anilines is 1. The zero-order valence-electron chi connectivity index (χ0n) is 20.9. The first-order valence-corrected chi connectivity index (χ1v) is 11.7. The van der Waals surface area contributed by atoms with Crippen molar-refractivity contribution < 1.29 is 28.2 Å². The van der Waals surface area contributed by atoms with Crippen LogP contribution in [0.5, 0.6) is 0 Å². The van der Waals surface area contributed by atoms with Crippen molar-refractivity contribution in [2.24, 2.45) is 5.92 Å². The van der Waals surface area contributed by atoms with Gasteiger partial charge in [0.25, 0.3) is 0 Å². The smallest absolute Gasteiger partial charge is 0.338 e. The van der Waals surface area contributed by atoms with Crippen LogP contribution in [0.2, 0.25) is 0 Å². The second-order valence-electron chi connectivity index (χ2n) is 9.54. The number of carbonyl (C=O) groups excluding carboxylic acids is 2. The Balaban J connectivity index is 1.65. The molecule has 0 saturated carbocycles. The summed E-state index contributed by atoms with van der Waals surface area (Å²) in [6, 6.07) is 8.39. The first kappa shape index (κ1) is 25.5. The molecule has 3 heterocycles. The highest BCUT2D eigenvalue weighted by atomic mass is 19.1. The minimum absolute atomic E-state index is 0.336. The summed E-state index contributed by atoms with van der Waals surface area (Å²) in [5.74, 6) is -0.409. The van der Waals surface area contributed by atoms with Gasteiger partial charge in [-0.05, 0) is 31.9 Å². The van der Waals surface area contributed by atoms with E-state index in [1.54, 1.807) is 30.3 Å². The van der Waals surface area contributed by atoms with Gasteiger partial charge in [-0.15, -0.1) is 0 Å². The fraction of sp³-hybridized carbons (Fsp3) is 0.480. The predicted octanol–water partition coefficient (Wildman–Crippen LogP) is 3.70. The number of ether oxygens (including phenoxy) is 3. The molecule has 3 aromatic rings. The molecule has 1 aliphatic heterocycles. The molecule has 1 N–H and O–H groups in total. The molecule has 0 amide bonds. The van der Waals surface area contributed by atoms with E-state index in [2.05, 4.69) is 34.1 Å². The van der Waals surface area contributed by atoms with E-state index in [-0.39, 0.29) is 6.61 Å². The van der Waals surface area contributed by atoms with E-state index in [9.17, 15) is 9.59 Å². The van der Waals surface area contributed by atoms with Crippen molar-refractivity contribution in [2.75, 3.05) is 18.5 Å². The molecule has 1 saturated heterocycles. The third-order valence-corrected chi connectivity index (χ3v) is 6.36. The molecule has 0 aliphatic carbocycles. The van der Waals surface area contributed by atoms with Gasteiger partial charge in [0.15, 0.2) is 34.5 Å². The summed E-state index contributed by atoms with van der Waals surface area (Å²) in [5, 5.41) is 3.22. The number of imidazole rings is 1. The number of esters is 2. The Bertz CT molecular complexity index is 1250. The van der Waals surface area contributed by atoms with Gasteiger partial charge in [-0.2, -0.15) is 0 Å². The summed E-state index contributed by atoms with van der Waals surface area (Å²) in [5.41, 5.74) is -2.89. The fourth-order valence-electron chi connectivity index (χ4n) is 4.22. The lowest BCUT2D eigenvalue weighted by Crippen LogP contribution is -2.55. The second-order valence-corrected chi connectivity index (χ2v) is 9.54. The van der Waals surface area contributed by atoms with Crippen molar-refractivity contribution in [1.82, 2.24) is 19.5 Å². The van der Waals surface area contributed by atoms with Crippen LogP contribution < -0.4 is 5.32 Å². The van der Waals surface area contributed by atoms with Crippen LogP contribution in [0, 0.1) is 5.92 Å². The van der Waals surface area contributed by atoms with E-state index in [1.807, 2.05) is 0 Å². The third kappa shape index (κ3) is 4.62. The SMILES string of the molecule is CC(=O)O[C@@]1(C)[C@@H](COC(=O)c2ccccc2)O[C@@H](n2cnc3c(NCC(C)C)ncnc32)[C@]1(C)F. The van der Waals surface area contributed by atoms with Crippen LogP contribution in [-0.4, -0.2) is 62.0 Å². The van der Waals surface area contributed by atoms with Crippen LogP contribution in [0.15, 0.2) is 43.0 Å². The number of hydrogen-bond acceptors (Lipinski definition) is 9. The van der Waals surface area contributed by atoms with Crippen molar-refractivity contribution in [3.05, 3.63) is 48.5 Å². The molecule has 11 heteroatoms. The zero-order valence-corrected chi connectivity index (χ0v) is 20.9. The van der Waals surface area contributed by atoms with Crippen LogP contribution >= 0.6 is 0 Å². The Morgan fingerprint density at radius 2 is 1.92 bits per heavy atom. The lowest BCUT2D eigenvalue weighted by molar-refractivity contribution is -0.175. The highest BCUT2D eigenvalue weighted by molar-refractivity contribution is 5.89. The monoisotopic (exact) mass is 499 g/mol. The number of aromatic nitrogens is 4. The van der Waals surface area contributed by atoms with Crippen LogP contribution in [0.4, 0.5) is 10.2 Å². The van der Waals surface area contributed by atoms with Gasteiger partial charge in [0.2, 0.25) is 0 Å². The maximum absolute atomic E-state index is 16.6. The highest BCUT2D eigenvalue weighted by Gasteiger charge is 2.66. The first-order chi connectivity index (χ1) is 17.0. The largest absolute Gasteiger partial charge is 0.459 e. The molecule has 1 aromatic carbocycles. The highest BCUT2D eigenvalue weighted by Crippen LogP contribution is 2.51. The third-order valence-electron chi connectivity index (χ3n) is 6.36. The molecule has 192 valence electrons. The minimum Gasteiger partial charge on any atom is -0.459 e. The van der Waals surface area contributed by atoms with Gasteiger partial charge in [0.1, 0.15) is 19.0 Å². The number of hydrogen-bond donors (Lipinski definition) is 1. The number of nitrogens with one attached hydrogen (secondary N) is 1. The number of benzene rings is 1. The van der Waals surface area contributed by atoms with Crippen molar-refractivity contribution in [1.29, 1.82) is 0 Å². The summed E-state index contributed by atoms with van der Waals surface area (Å²) < 4.78 is 35.0. The topological polar surface area (TPSA) is 117 Å². The van der Waals surface area contributed by atoms with Crippen LogP contribution in [0.25, 0.3) is 11.2 Å². The van der Waals surface area contributed by atoms with Crippen LogP contribution in [0.3, 0.4) is 0 Å². The summed E-state index contributed by atoms with van der Waals surface area (Å²) in [4.78, 5) is 37.4. The predicted molar refractivity (Wildman–Crippen MR) is 129 cm³/mol. The van der Waals surface area contributed by atoms with Gasteiger partial charge >= 0.3 is 11.9 Å². The molecule has 0 spiro atoms. The molecular weight excluding hydrogens is 469 g/mol. The van der Waals surface area contributed by atoms with E-state index in [0.29, 0.717) is 35.0 Å². The Morgan fingerprint density at radius 1 is 1.19 bits per heavy atom. The number of alkyl halides is 1. The summed E-state index contributed by atoms with van der Waals surface area (Å²) in [7, 11) is 0. The second kappa shape index (κ2) is 9.81. The fourth-order valence-corrected chi connectivity index (χ4v) is 4.22. The number of rotatable bonds is 8. The number of halogens is 1. The van der Waals surface area contributed by atoms with Gasteiger partial charge < -0.3 is 19.5 Å². The van der Waals surface area contributed by atoms with E-state index >= 15 is 4.39 Å². The molecular formula is C25H30FN5O5. The summed E-state index contributed by atoms with van der Waals surface area (Å²) in [6.45, 7) is 8.35. The van der Waals surface area contributed by atoms with Gasteiger partial charge in [-0.1, -0.05) is 32.0 Å². The zero-order chi connectivity index (χ0) is 26.1. The normalized spacial score (nSPS) is 25.8. The van der Waals surface area contributed by atoms with Gasteiger partial charge in [0.05, 0.1) is 11.9 Å². The average Bonchev–Trinajstić information content (AvgIpc) is 3.33. The molecule has 0 unspecified atom stereocenters. The van der Waals surface area contributed by atoms with Crippen molar-refractivity contribution in [2.45, 2.75) is 58.2 Å². The van der Waals surface area contributed by atoms with Gasteiger partial charge in [-0.25, -0.2) is 24.1 Å². The minimum atomic E-state index is -2.24. The number of nitrogens with zero attached hydrogens (tertiary/aromatic N) is 4. The lowest BCUT2D eigenvalue weighted by atomic mass is 9.84. The number of fused-ring (bicyclic) bond motifs is 1. The van der Waals surface area contributed by atoms with Crippen LogP contribution in [-0.2, 0) is 19.0 Å². The van der Waals surface area contributed by atoms with Gasteiger partial charge in [-0.3, -0.25) is 9.36 Å². The Morgan fingerprint density at radius 3 is 2.58 bits per heavy atom. The maximum atomic E-state index is 16.6. The maximum Gasteiger partial charge on any atom is 0.338 e. The average molecular weight is 500 g/mol. The molecule has 4 atom stereocenters. The molecule has 10 nitrogen and oxygen atoms in total. The van der Waals surface area contributed by atoms with E-state index < -0.39 is 35.5 Å². The molecule has 1 fully saturated rings. The molecule has 36 heavy (non-hydrogen) atoms. The molecule has 4 rings (SSSR count). The quantitative estimate of drug-likeness (QED) is 0.463. The van der Waals surface area contributed by atoms with E-state index in [4.69, 9.17) is 14.2 Å². The lowest BCUT2D eigenvalue weighted by Gasteiger charge is -2.36. The van der Waals surface area contributed by atoms with Crippen LogP contribution in [0.1, 0.15) is 51.2 Å². The van der Waals surface area contributed by atoms with Crippen molar-refractivity contribution in [3.63, 3.8) is 0 Å². The van der Waals surface area contributed by atoms with Gasteiger partial charge in [0, 0.05) is 13.5 Å². The van der Waals surface area contributed by atoms with E-state index in [0.717, 1.165) is 0 Å². The molecule has 0 radical (unpaired) electrons. The summed E-state index contributed by atoms with van der Waals surface area (Å²) in [6.07, 6.45) is 0.388.